The molecule has 0 saturated heterocycles. The fourth-order valence-corrected chi connectivity index (χ4v) is 1.29. The topological polar surface area (TPSA) is 62.0 Å². The zero-order valence-corrected chi connectivity index (χ0v) is 7.34. The molecule has 4 nitrogen and oxygen atoms in total. The van der Waals surface area contributed by atoms with Gasteiger partial charge in [-0.1, -0.05) is 6.08 Å². The molecule has 0 fully saturated rings. The number of nitrogens with zero attached hydrogens (tertiary/aromatic N) is 2. The monoisotopic (exact) mass is 188 g/mol. The molecule has 0 aromatic heterocycles. The third-order valence-corrected chi connectivity index (χ3v) is 2.02. The lowest BCUT2D eigenvalue weighted by molar-refractivity contribution is -0.129. The van der Waals surface area contributed by atoms with Crippen molar-refractivity contribution in [2.75, 3.05) is 0 Å². The molecule has 0 spiro atoms. The Kier molecular flexibility index (Phi) is 2.10. The molecule has 0 radical (unpaired) electrons. The zero-order valence-electron chi connectivity index (χ0n) is 7.34. The first-order chi connectivity index (χ1) is 6.77. The van der Waals surface area contributed by atoms with Crippen molar-refractivity contribution >= 4 is 17.9 Å². The predicted molar refractivity (Wildman–Crippen MR) is 53.5 cm³/mol. The van der Waals surface area contributed by atoms with Crippen molar-refractivity contribution in [3.8, 4) is 0 Å². The Bertz CT molecular complexity index is 425. The molecular weight excluding hydrogens is 180 g/mol. The summed E-state index contributed by atoms with van der Waals surface area (Å²) in [5.41, 5.74) is 1.98. The average Bonchev–Trinajstić information content (AvgIpc) is 2.41. The Morgan fingerprint density at radius 3 is 3.14 bits per heavy atom. The fraction of sp³-hybridized carbons (Fsp3) is 0.100. The summed E-state index contributed by atoms with van der Waals surface area (Å²) in [6.45, 7) is 0. The van der Waals surface area contributed by atoms with Crippen molar-refractivity contribution in [1.82, 2.24) is 0 Å². The second kappa shape index (κ2) is 3.41. The number of carboxylic acids is 1. The van der Waals surface area contributed by atoms with E-state index in [0.717, 1.165) is 11.1 Å². The van der Waals surface area contributed by atoms with Crippen LogP contribution in [0.15, 0.2) is 45.7 Å². The number of carbonyl (C=O) groups is 1. The highest BCUT2D eigenvalue weighted by Crippen LogP contribution is 2.20. The van der Waals surface area contributed by atoms with E-state index >= 15 is 0 Å². The van der Waals surface area contributed by atoms with E-state index in [0.29, 0.717) is 6.42 Å². The van der Waals surface area contributed by atoms with Gasteiger partial charge in [0.2, 0.25) is 0 Å². The molecule has 0 saturated carbocycles. The third-order valence-electron chi connectivity index (χ3n) is 2.02. The second-order valence-electron chi connectivity index (χ2n) is 2.95. The van der Waals surface area contributed by atoms with Crippen LogP contribution in [0.2, 0.25) is 0 Å². The zero-order chi connectivity index (χ0) is 9.97. The van der Waals surface area contributed by atoms with Crippen molar-refractivity contribution in [3.05, 3.63) is 35.7 Å². The van der Waals surface area contributed by atoms with Crippen molar-refractivity contribution in [3.63, 3.8) is 0 Å². The van der Waals surface area contributed by atoms with Crippen LogP contribution < -0.4 is 0 Å². The van der Waals surface area contributed by atoms with E-state index in [2.05, 4.69) is 9.98 Å². The molecule has 2 rings (SSSR count). The van der Waals surface area contributed by atoms with E-state index in [9.17, 15) is 4.79 Å². The van der Waals surface area contributed by atoms with Crippen LogP contribution in [0.25, 0.3) is 0 Å². The summed E-state index contributed by atoms with van der Waals surface area (Å²) < 4.78 is 0. The lowest BCUT2D eigenvalue weighted by Crippen LogP contribution is -2.16. The Balaban J connectivity index is 2.38. The van der Waals surface area contributed by atoms with Gasteiger partial charge in [0.25, 0.3) is 0 Å². The van der Waals surface area contributed by atoms with Gasteiger partial charge in [-0.15, -0.1) is 0 Å². The van der Waals surface area contributed by atoms with Gasteiger partial charge in [-0.25, -0.2) is 4.79 Å². The number of allylic oxidation sites excluding steroid dienone is 4. The summed E-state index contributed by atoms with van der Waals surface area (Å²) in [6, 6.07) is 0. The molecule has 0 aromatic carbocycles. The fourth-order valence-electron chi connectivity index (χ4n) is 1.29. The molecule has 1 N–H and O–H groups in total. The van der Waals surface area contributed by atoms with E-state index in [1.54, 1.807) is 18.5 Å². The van der Waals surface area contributed by atoms with E-state index in [-0.39, 0.29) is 5.71 Å². The number of hydrogen-bond donors (Lipinski definition) is 1. The molecule has 0 atom stereocenters. The summed E-state index contributed by atoms with van der Waals surface area (Å²) in [7, 11) is 0. The quantitative estimate of drug-likeness (QED) is 0.674. The maximum Gasteiger partial charge on any atom is 0.350 e. The van der Waals surface area contributed by atoms with Crippen molar-refractivity contribution in [2.24, 2.45) is 9.98 Å². The number of carboxylic acid groups (broad SMARTS) is 1. The molecule has 2 heterocycles. The summed E-state index contributed by atoms with van der Waals surface area (Å²) in [5, 5.41) is 8.76. The van der Waals surface area contributed by atoms with Crippen molar-refractivity contribution in [1.29, 1.82) is 0 Å². The minimum absolute atomic E-state index is 0.170. The maximum atomic E-state index is 10.7. The molecule has 70 valence electrons. The minimum atomic E-state index is -0.966. The van der Waals surface area contributed by atoms with E-state index < -0.39 is 5.97 Å². The Morgan fingerprint density at radius 1 is 1.50 bits per heavy atom. The average molecular weight is 188 g/mol. The van der Waals surface area contributed by atoms with Crippen LogP contribution >= 0.6 is 0 Å². The van der Waals surface area contributed by atoms with Gasteiger partial charge in [0.1, 0.15) is 5.71 Å². The van der Waals surface area contributed by atoms with E-state index in [1.165, 1.54) is 6.20 Å². The standard InChI is InChI=1S/C10H8N2O2/c13-10(14)9-4-7-2-1-3-11-5-8(7)6-12-9/h1-3,5-6H,4H2,(H,13,14). The molecule has 2 aliphatic heterocycles. The van der Waals surface area contributed by atoms with Crippen LogP contribution in [0, 0.1) is 0 Å². The Morgan fingerprint density at radius 2 is 2.36 bits per heavy atom. The van der Waals surface area contributed by atoms with Gasteiger partial charge in [0, 0.05) is 30.6 Å². The number of aliphatic carboxylic acids is 1. The lowest BCUT2D eigenvalue weighted by Gasteiger charge is -2.10. The van der Waals surface area contributed by atoms with Gasteiger partial charge in [0.05, 0.1) is 0 Å². The van der Waals surface area contributed by atoms with Gasteiger partial charge >= 0.3 is 5.97 Å². The van der Waals surface area contributed by atoms with E-state index in [4.69, 9.17) is 5.11 Å². The molecule has 0 aliphatic carbocycles. The summed E-state index contributed by atoms with van der Waals surface area (Å²) in [6.07, 6.45) is 8.88. The van der Waals surface area contributed by atoms with Gasteiger partial charge in [-0.2, -0.15) is 0 Å². The van der Waals surface area contributed by atoms with Crippen molar-refractivity contribution in [2.45, 2.75) is 6.42 Å². The smallest absolute Gasteiger partial charge is 0.350 e. The minimum Gasteiger partial charge on any atom is -0.477 e. The van der Waals surface area contributed by atoms with Crippen LogP contribution in [-0.4, -0.2) is 23.0 Å². The summed E-state index contributed by atoms with van der Waals surface area (Å²) >= 11 is 0. The number of rotatable bonds is 1. The normalized spacial score (nSPS) is 19.0. The molecule has 0 unspecified atom stereocenters. The van der Waals surface area contributed by atoms with Gasteiger partial charge in [-0.05, 0) is 11.6 Å². The molecule has 0 bridgehead atoms. The van der Waals surface area contributed by atoms with Gasteiger partial charge in [0.15, 0.2) is 0 Å². The highest BCUT2D eigenvalue weighted by Gasteiger charge is 2.17. The predicted octanol–water partition coefficient (Wildman–Crippen LogP) is 1.32. The maximum absolute atomic E-state index is 10.7. The Labute approximate surface area is 80.7 Å². The highest BCUT2D eigenvalue weighted by molar-refractivity contribution is 6.37. The third kappa shape index (κ3) is 1.54. The summed E-state index contributed by atoms with van der Waals surface area (Å²) in [4.78, 5) is 18.5. The Hall–Kier alpha value is -1.97. The SMILES string of the molecule is O=C(O)C1=NC=C2C=NC=CC=C2C1. The van der Waals surface area contributed by atoms with Crippen molar-refractivity contribution < 1.29 is 9.90 Å². The number of aliphatic imine (C=N–C) groups is 2. The molecule has 0 amide bonds. The summed E-state index contributed by atoms with van der Waals surface area (Å²) in [5.74, 6) is -0.966. The largest absolute Gasteiger partial charge is 0.477 e. The molecule has 0 aromatic rings. The van der Waals surface area contributed by atoms with Crippen LogP contribution in [0.3, 0.4) is 0 Å². The van der Waals surface area contributed by atoms with Gasteiger partial charge in [-0.3, -0.25) is 9.98 Å². The molecule has 2 aliphatic rings. The molecular formula is C10H8N2O2. The lowest BCUT2D eigenvalue weighted by atomic mass is 9.99. The first-order valence-electron chi connectivity index (χ1n) is 4.17. The van der Waals surface area contributed by atoms with Gasteiger partial charge < -0.3 is 5.11 Å². The molecule has 14 heavy (non-hydrogen) atoms. The van der Waals surface area contributed by atoms with Crippen LogP contribution in [0.5, 0.6) is 0 Å². The first kappa shape index (κ1) is 8.62. The highest BCUT2D eigenvalue weighted by atomic mass is 16.4. The first-order valence-corrected chi connectivity index (χ1v) is 4.17. The second-order valence-corrected chi connectivity index (χ2v) is 2.95. The number of hydrogen-bond acceptors (Lipinski definition) is 3. The molecule has 4 heteroatoms. The van der Waals surface area contributed by atoms with Crippen LogP contribution in [0.4, 0.5) is 0 Å². The number of fused-ring (bicyclic) bond motifs is 1. The van der Waals surface area contributed by atoms with E-state index in [1.807, 2.05) is 6.08 Å². The van der Waals surface area contributed by atoms with Crippen LogP contribution in [-0.2, 0) is 4.79 Å². The van der Waals surface area contributed by atoms with Crippen LogP contribution in [0.1, 0.15) is 6.42 Å².